The Morgan fingerprint density at radius 2 is 1.65 bits per heavy atom. The number of halogens is 2. The van der Waals surface area contributed by atoms with Crippen LogP contribution in [0, 0.1) is 23.7 Å². The third-order valence-electron chi connectivity index (χ3n) is 11.7. The first kappa shape index (κ1) is 34.5. The van der Waals surface area contributed by atoms with Gasteiger partial charge >= 0.3 is 0 Å². The Balaban J connectivity index is 1.06. The molecule has 49 heavy (non-hydrogen) atoms. The average molecular weight is 709 g/mol. The number of nitrogens with zero attached hydrogens (tertiary/aromatic N) is 3. The van der Waals surface area contributed by atoms with E-state index in [1.54, 1.807) is 23.1 Å². The van der Waals surface area contributed by atoms with Crippen LogP contribution in [-0.2, 0) is 25.7 Å². The first-order chi connectivity index (χ1) is 23.6. The lowest BCUT2D eigenvalue weighted by molar-refractivity contribution is -0.141. The number of likely N-dealkylation sites (tertiary alicyclic amines) is 1. The van der Waals surface area contributed by atoms with Crippen molar-refractivity contribution in [1.82, 2.24) is 20.0 Å². The van der Waals surface area contributed by atoms with Gasteiger partial charge in [-0.05, 0) is 55.0 Å². The molecule has 1 spiro atoms. The van der Waals surface area contributed by atoms with Crippen molar-refractivity contribution in [2.24, 2.45) is 23.7 Å². The van der Waals surface area contributed by atoms with E-state index in [0.29, 0.717) is 34.1 Å². The fraction of sp³-hybridized carbons (Fsp3) is 0.553. The van der Waals surface area contributed by atoms with E-state index in [9.17, 15) is 14.4 Å². The fourth-order valence-corrected chi connectivity index (χ4v) is 9.41. The molecule has 4 aliphatic heterocycles. The first-order valence-corrected chi connectivity index (χ1v) is 18.6. The Morgan fingerprint density at radius 1 is 0.939 bits per heavy atom. The van der Waals surface area contributed by atoms with Crippen LogP contribution in [0.5, 0.6) is 0 Å². The monoisotopic (exact) mass is 707 g/mol. The molecule has 4 fully saturated rings. The van der Waals surface area contributed by atoms with Crippen molar-refractivity contribution in [2.45, 2.75) is 69.9 Å². The minimum atomic E-state index is -1.20. The third-order valence-corrected chi connectivity index (χ3v) is 12.1. The highest BCUT2D eigenvalue weighted by molar-refractivity contribution is 6.35. The Labute approximate surface area is 299 Å². The minimum absolute atomic E-state index is 0.0325. The summed E-state index contributed by atoms with van der Waals surface area (Å²) in [6, 6.07) is 14.6. The highest BCUT2D eigenvalue weighted by Crippen LogP contribution is 2.55. The maximum atomic E-state index is 14.5. The van der Waals surface area contributed by atoms with Crippen LogP contribution in [0.25, 0.3) is 0 Å². The zero-order valence-electron chi connectivity index (χ0n) is 28.3. The van der Waals surface area contributed by atoms with E-state index < -0.39 is 29.6 Å². The van der Waals surface area contributed by atoms with Gasteiger partial charge in [0.25, 0.3) is 0 Å². The van der Waals surface area contributed by atoms with Gasteiger partial charge in [0, 0.05) is 61.0 Å². The molecule has 2 bridgehead atoms. The van der Waals surface area contributed by atoms with Crippen LogP contribution >= 0.6 is 23.2 Å². The topological polar surface area (TPSA) is 94.2 Å². The molecule has 2 N–H and O–H groups in total. The number of benzene rings is 2. The molecule has 0 aromatic heterocycles. The second kappa shape index (κ2) is 14.3. The Kier molecular flexibility index (Phi) is 10.1. The molecule has 1 saturated carbocycles. The standard InChI is InChI=1S/C38H47Cl2N5O4/c1-24-8-6-11-30(25(24)2)42-36(47)34-38-13-12-31(49-38)32(35(46)41-29-21-27(39)20-28(40)22-29)33(38)37(48)45(34)15-7-14-43-16-18-44(19-17-43)23-26-9-4-3-5-10-26/h3-5,9-10,12-13,20-22,24-25,30-34H,6-8,11,14-19,23H2,1-2H3,(H,41,46)(H,42,47)/t24-,25-,30+,31-,32+,33-,34+,38+/m1/s1. The predicted octanol–water partition coefficient (Wildman–Crippen LogP) is 5.23. The summed E-state index contributed by atoms with van der Waals surface area (Å²) >= 11 is 12.4. The van der Waals surface area contributed by atoms with Crippen molar-refractivity contribution in [3.8, 4) is 0 Å². The molecule has 0 unspecified atom stereocenters. The van der Waals surface area contributed by atoms with Crippen LogP contribution in [0.2, 0.25) is 10.0 Å². The lowest BCUT2D eigenvalue weighted by atomic mass is 9.73. The van der Waals surface area contributed by atoms with Crippen LogP contribution in [-0.4, -0.2) is 95.5 Å². The van der Waals surface area contributed by atoms with E-state index in [1.807, 2.05) is 18.2 Å². The Morgan fingerprint density at radius 3 is 2.39 bits per heavy atom. The maximum absolute atomic E-state index is 14.5. The lowest BCUT2D eigenvalue weighted by Crippen LogP contribution is -2.58. The van der Waals surface area contributed by atoms with Gasteiger partial charge in [-0.3, -0.25) is 19.3 Å². The molecule has 3 saturated heterocycles. The molecule has 7 rings (SSSR count). The molecule has 5 aliphatic rings. The van der Waals surface area contributed by atoms with E-state index >= 15 is 0 Å². The lowest BCUT2D eigenvalue weighted by Gasteiger charge is -2.38. The number of fused-ring (bicyclic) bond motifs is 1. The molecule has 262 valence electrons. The van der Waals surface area contributed by atoms with Gasteiger partial charge in [0.1, 0.15) is 11.6 Å². The predicted molar refractivity (Wildman–Crippen MR) is 191 cm³/mol. The van der Waals surface area contributed by atoms with Crippen molar-refractivity contribution in [2.75, 3.05) is 44.6 Å². The molecule has 8 atom stereocenters. The number of anilines is 1. The normalized spacial score (nSPS) is 32.8. The van der Waals surface area contributed by atoms with Gasteiger partial charge < -0.3 is 25.2 Å². The van der Waals surface area contributed by atoms with E-state index in [0.717, 1.165) is 65.0 Å². The van der Waals surface area contributed by atoms with E-state index in [1.165, 1.54) is 5.56 Å². The van der Waals surface area contributed by atoms with Gasteiger partial charge in [-0.2, -0.15) is 0 Å². The number of rotatable bonds is 10. The van der Waals surface area contributed by atoms with Gasteiger partial charge in [-0.15, -0.1) is 0 Å². The highest BCUT2D eigenvalue weighted by Gasteiger charge is 2.72. The van der Waals surface area contributed by atoms with Crippen LogP contribution < -0.4 is 10.6 Å². The summed E-state index contributed by atoms with van der Waals surface area (Å²) in [6.45, 7) is 10.5. The fourth-order valence-electron chi connectivity index (χ4n) is 8.88. The van der Waals surface area contributed by atoms with Crippen molar-refractivity contribution in [1.29, 1.82) is 0 Å². The van der Waals surface area contributed by atoms with Crippen LogP contribution in [0.15, 0.2) is 60.7 Å². The summed E-state index contributed by atoms with van der Waals surface area (Å²) in [5.74, 6) is -1.50. The van der Waals surface area contributed by atoms with Gasteiger partial charge in [-0.25, -0.2) is 0 Å². The highest BCUT2D eigenvalue weighted by atomic mass is 35.5. The number of ether oxygens (including phenoxy) is 1. The molecule has 3 amide bonds. The van der Waals surface area contributed by atoms with Crippen molar-refractivity contribution in [3.63, 3.8) is 0 Å². The van der Waals surface area contributed by atoms with Gasteiger partial charge in [0.2, 0.25) is 17.7 Å². The first-order valence-electron chi connectivity index (χ1n) is 17.9. The molecular weight excluding hydrogens is 661 g/mol. The van der Waals surface area contributed by atoms with Gasteiger partial charge in [0.15, 0.2) is 0 Å². The summed E-state index contributed by atoms with van der Waals surface area (Å²) in [4.78, 5) is 49.3. The summed E-state index contributed by atoms with van der Waals surface area (Å²) in [5.41, 5.74) is 0.569. The second-order valence-electron chi connectivity index (χ2n) is 14.7. The number of hydrogen-bond acceptors (Lipinski definition) is 6. The molecule has 9 nitrogen and oxygen atoms in total. The van der Waals surface area contributed by atoms with Crippen molar-refractivity contribution < 1.29 is 19.1 Å². The van der Waals surface area contributed by atoms with Gasteiger partial charge in [0.05, 0.1) is 17.9 Å². The number of nitrogens with one attached hydrogen (secondary N) is 2. The molecule has 2 aromatic rings. The number of hydrogen-bond donors (Lipinski definition) is 2. The zero-order valence-corrected chi connectivity index (χ0v) is 29.8. The van der Waals surface area contributed by atoms with Gasteiger partial charge in [-0.1, -0.05) is 92.4 Å². The SMILES string of the molecule is C[C@@H]1[C@H](C)CCC[C@@H]1NC(=O)[C@@H]1N(CCCN2CCN(Cc3ccccc3)CC2)C(=O)[C@H]2[C@@H](C(=O)Nc3cc(Cl)cc(Cl)c3)[C@H]3C=C[C@@]12O3. The second-order valence-corrected chi connectivity index (χ2v) is 15.6. The quantitative estimate of drug-likeness (QED) is 0.329. The largest absolute Gasteiger partial charge is 0.359 e. The molecule has 11 heteroatoms. The van der Waals surface area contributed by atoms with Crippen LogP contribution in [0.4, 0.5) is 5.69 Å². The Bertz CT molecular complexity index is 1560. The number of carbonyl (C=O) groups excluding carboxylic acids is 3. The molecule has 1 aliphatic carbocycles. The zero-order chi connectivity index (χ0) is 34.3. The molecular formula is C38H47Cl2N5O4. The Hall–Kier alpha value is -2.95. The summed E-state index contributed by atoms with van der Waals surface area (Å²) in [7, 11) is 0. The van der Waals surface area contributed by atoms with Crippen LogP contribution in [0.1, 0.15) is 45.1 Å². The van der Waals surface area contributed by atoms with E-state index in [4.69, 9.17) is 27.9 Å². The summed E-state index contributed by atoms with van der Waals surface area (Å²) in [5, 5.41) is 7.06. The van der Waals surface area contributed by atoms with Crippen molar-refractivity contribution >= 4 is 46.6 Å². The van der Waals surface area contributed by atoms with Crippen molar-refractivity contribution in [3.05, 3.63) is 76.3 Å². The maximum Gasteiger partial charge on any atom is 0.246 e. The molecule has 0 radical (unpaired) electrons. The smallest absolute Gasteiger partial charge is 0.246 e. The molecule has 4 heterocycles. The average Bonchev–Trinajstić information content (AvgIpc) is 3.71. The van der Waals surface area contributed by atoms with E-state index in [2.05, 4.69) is 58.5 Å². The number of amides is 3. The third kappa shape index (κ3) is 6.89. The van der Waals surface area contributed by atoms with E-state index in [-0.39, 0.29) is 23.8 Å². The van der Waals surface area contributed by atoms with Crippen LogP contribution in [0.3, 0.4) is 0 Å². The number of piperazine rings is 1. The summed E-state index contributed by atoms with van der Waals surface area (Å²) < 4.78 is 6.57. The number of carbonyl (C=O) groups is 3. The minimum Gasteiger partial charge on any atom is -0.359 e. The molecule has 2 aromatic carbocycles. The summed E-state index contributed by atoms with van der Waals surface area (Å²) in [6.07, 6.45) is 6.96.